The van der Waals surface area contributed by atoms with Crippen LogP contribution in [0, 0.1) is 5.92 Å². The zero-order valence-electron chi connectivity index (χ0n) is 13.5. The molecule has 4 nitrogen and oxygen atoms in total. The highest BCUT2D eigenvalue weighted by Crippen LogP contribution is 2.35. The molecular formula is C17H28IN3O. The van der Waals surface area contributed by atoms with E-state index >= 15 is 0 Å². The van der Waals surface area contributed by atoms with Crippen LogP contribution in [-0.4, -0.2) is 32.3 Å². The molecule has 1 heterocycles. The molecule has 0 bridgehead atoms. The second-order valence-electron chi connectivity index (χ2n) is 6.23. The second-order valence-corrected chi connectivity index (χ2v) is 6.23. The Morgan fingerprint density at radius 2 is 1.91 bits per heavy atom. The van der Waals surface area contributed by atoms with E-state index < -0.39 is 0 Å². The van der Waals surface area contributed by atoms with Crippen LogP contribution >= 0.6 is 24.0 Å². The van der Waals surface area contributed by atoms with Gasteiger partial charge in [-0.1, -0.05) is 44.2 Å². The van der Waals surface area contributed by atoms with Gasteiger partial charge >= 0.3 is 0 Å². The number of nitrogens with one attached hydrogen (secondary N) is 1. The lowest BCUT2D eigenvalue weighted by Crippen LogP contribution is -2.40. The molecular weight excluding hydrogens is 389 g/mol. The van der Waals surface area contributed by atoms with Crippen LogP contribution in [-0.2, 0) is 10.2 Å². The van der Waals surface area contributed by atoms with Gasteiger partial charge in [0, 0.05) is 25.2 Å². The third-order valence-corrected chi connectivity index (χ3v) is 4.08. The maximum absolute atomic E-state index is 5.98. The van der Waals surface area contributed by atoms with E-state index in [1.54, 1.807) is 0 Å². The molecule has 0 unspecified atom stereocenters. The summed E-state index contributed by atoms with van der Waals surface area (Å²) < 4.78 is 5.54. The Hall–Kier alpha value is -0.820. The van der Waals surface area contributed by atoms with Crippen molar-refractivity contribution in [1.29, 1.82) is 0 Å². The average molecular weight is 417 g/mol. The molecule has 1 aromatic carbocycles. The third kappa shape index (κ3) is 5.43. The smallest absolute Gasteiger partial charge is 0.188 e. The first-order valence-electron chi connectivity index (χ1n) is 7.79. The quantitative estimate of drug-likeness (QED) is 0.440. The first-order valence-corrected chi connectivity index (χ1v) is 7.79. The monoisotopic (exact) mass is 417 g/mol. The van der Waals surface area contributed by atoms with Crippen molar-refractivity contribution in [1.82, 2.24) is 5.32 Å². The molecule has 5 heteroatoms. The minimum absolute atomic E-state index is 0. The Kier molecular flexibility index (Phi) is 8.17. The van der Waals surface area contributed by atoms with E-state index in [0.717, 1.165) is 39.1 Å². The van der Waals surface area contributed by atoms with Crippen molar-refractivity contribution in [2.45, 2.75) is 32.1 Å². The number of hydrogen-bond donors (Lipinski definition) is 2. The van der Waals surface area contributed by atoms with Crippen molar-refractivity contribution in [2.75, 3.05) is 26.3 Å². The van der Waals surface area contributed by atoms with Crippen LogP contribution in [0.3, 0.4) is 0 Å². The SMILES string of the molecule is CC(C)CNC(N)=NCC1(c2ccccc2)CCOCC1.I. The summed E-state index contributed by atoms with van der Waals surface area (Å²) in [6, 6.07) is 10.6. The van der Waals surface area contributed by atoms with E-state index in [-0.39, 0.29) is 29.4 Å². The molecule has 1 saturated heterocycles. The van der Waals surface area contributed by atoms with Gasteiger partial charge < -0.3 is 15.8 Å². The van der Waals surface area contributed by atoms with Gasteiger partial charge in [0.15, 0.2) is 5.96 Å². The molecule has 22 heavy (non-hydrogen) atoms. The first-order chi connectivity index (χ1) is 10.1. The maximum atomic E-state index is 5.98. The number of guanidine groups is 1. The highest BCUT2D eigenvalue weighted by molar-refractivity contribution is 14.0. The van der Waals surface area contributed by atoms with Crippen LogP contribution in [0.1, 0.15) is 32.3 Å². The van der Waals surface area contributed by atoms with Crippen LogP contribution in [0.2, 0.25) is 0 Å². The van der Waals surface area contributed by atoms with E-state index in [9.17, 15) is 0 Å². The molecule has 3 N–H and O–H groups in total. The number of hydrogen-bond acceptors (Lipinski definition) is 2. The fraction of sp³-hybridized carbons (Fsp3) is 0.588. The number of halogens is 1. The lowest BCUT2D eigenvalue weighted by atomic mass is 9.74. The molecule has 1 aliphatic heterocycles. The normalized spacial score (nSPS) is 17.9. The average Bonchev–Trinajstić information content (AvgIpc) is 2.52. The van der Waals surface area contributed by atoms with Crippen LogP contribution < -0.4 is 11.1 Å². The number of nitrogens with two attached hydrogens (primary N) is 1. The number of rotatable bonds is 5. The van der Waals surface area contributed by atoms with E-state index in [1.165, 1.54) is 5.56 Å². The first kappa shape index (κ1) is 19.2. The van der Waals surface area contributed by atoms with E-state index in [4.69, 9.17) is 10.5 Å². The van der Waals surface area contributed by atoms with Gasteiger partial charge in [-0.05, 0) is 24.3 Å². The zero-order valence-corrected chi connectivity index (χ0v) is 15.9. The van der Waals surface area contributed by atoms with Crippen molar-refractivity contribution in [2.24, 2.45) is 16.6 Å². The fourth-order valence-electron chi connectivity index (χ4n) is 2.69. The Balaban J connectivity index is 0.00000242. The van der Waals surface area contributed by atoms with E-state index in [0.29, 0.717) is 11.9 Å². The number of aliphatic imine (C=N–C) groups is 1. The highest BCUT2D eigenvalue weighted by Gasteiger charge is 2.34. The molecule has 124 valence electrons. The summed E-state index contributed by atoms with van der Waals surface area (Å²) >= 11 is 0. The molecule has 0 spiro atoms. The summed E-state index contributed by atoms with van der Waals surface area (Å²) in [4.78, 5) is 4.60. The summed E-state index contributed by atoms with van der Waals surface area (Å²) in [6.45, 7) is 7.48. The van der Waals surface area contributed by atoms with Crippen molar-refractivity contribution in [3.63, 3.8) is 0 Å². The van der Waals surface area contributed by atoms with Gasteiger partial charge in [-0.15, -0.1) is 24.0 Å². The predicted octanol–water partition coefficient (Wildman–Crippen LogP) is 2.91. The molecule has 0 aliphatic carbocycles. The van der Waals surface area contributed by atoms with Gasteiger partial charge in [-0.25, -0.2) is 0 Å². The summed E-state index contributed by atoms with van der Waals surface area (Å²) in [6.07, 6.45) is 2.00. The highest BCUT2D eigenvalue weighted by atomic mass is 127. The largest absolute Gasteiger partial charge is 0.381 e. The summed E-state index contributed by atoms with van der Waals surface area (Å²) in [5.74, 6) is 1.11. The predicted molar refractivity (Wildman–Crippen MR) is 103 cm³/mol. The topological polar surface area (TPSA) is 59.6 Å². The minimum Gasteiger partial charge on any atom is -0.381 e. The molecule has 1 fully saturated rings. The lowest BCUT2D eigenvalue weighted by Gasteiger charge is -2.36. The van der Waals surface area contributed by atoms with E-state index in [2.05, 4.69) is 54.5 Å². The number of benzene rings is 1. The van der Waals surface area contributed by atoms with Gasteiger partial charge in [0.1, 0.15) is 0 Å². The summed E-state index contributed by atoms with van der Waals surface area (Å²) in [5.41, 5.74) is 7.38. The van der Waals surface area contributed by atoms with Gasteiger partial charge in [0.05, 0.1) is 6.54 Å². The van der Waals surface area contributed by atoms with Crippen molar-refractivity contribution >= 4 is 29.9 Å². The fourth-order valence-corrected chi connectivity index (χ4v) is 2.69. The molecule has 1 aromatic rings. The molecule has 0 atom stereocenters. The summed E-state index contributed by atoms with van der Waals surface area (Å²) in [5, 5.41) is 3.19. The Bertz CT molecular complexity index is 456. The Morgan fingerprint density at radius 3 is 2.50 bits per heavy atom. The molecule has 2 rings (SSSR count). The maximum Gasteiger partial charge on any atom is 0.188 e. The van der Waals surface area contributed by atoms with Gasteiger partial charge in [0.25, 0.3) is 0 Å². The van der Waals surface area contributed by atoms with Crippen LogP contribution in [0.15, 0.2) is 35.3 Å². The second kappa shape index (κ2) is 9.35. The van der Waals surface area contributed by atoms with Crippen LogP contribution in [0.4, 0.5) is 0 Å². The van der Waals surface area contributed by atoms with Crippen molar-refractivity contribution in [3.8, 4) is 0 Å². The molecule has 0 aromatic heterocycles. The Morgan fingerprint density at radius 1 is 1.27 bits per heavy atom. The molecule has 1 aliphatic rings. The van der Waals surface area contributed by atoms with Crippen LogP contribution in [0.25, 0.3) is 0 Å². The minimum atomic E-state index is 0. The zero-order chi connectivity index (χ0) is 15.1. The Labute approximate surface area is 150 Å². The standard InChI is InChI=1S/C17H27N3O.HI/c1-14(2)12-19-16(18)20-13-17(8-10-21-11-9-17)15-6-4-3-5-7-15;/h3-7,14H,8-13H2,1-2H3,(H3,18,19,20);1H. The van der Waals surface area contributed by atoms with Gasteiger partial charge in [0.2, 0.25) is 0 Å². The number of ether oxygens (including phenoxy) is 1. The summed E-state index contributed by atoms with van der Waals surface area (Å²) in [7, 11) is 0. The molecule has 0 amide bonds. The van der Waals surface area contributed by atoms with Crippen molar-refractivity contribution < 1.29 is 4.74 Å². The van der Waals surface area contributed by atoms with Gasteiger partial charge in [-0.2, -0.15) is 0 Å². The lowest BCUT2D eigenvalue weighted by molar-refractivity contribution is 0.0531. The van der Waals surface area contributed by atoms with Crippen molar-refractivity contribution in [3.05, 3.63) is 35.9 Å². The molecule has 0 radical (unpaired) electrons. The third-order valence-electron chi connectivity index (χ3n) is 4.08. The van der Waals surface area contributed by atoms with E-state index in [1.807, 2.05) is 0 Å². The molecule has 0 saturated carbocycles. The number of nitrogens with zero attached hydrogens (tertiary/aromatic N) is 1. The van der Waals surface area contributed by atoms with Crippen LogP contribution in [0.5, 0.6) is 0 Å². The van der Waals surface area contributed by atoms with Gasteiger partial charge in [-0.3, -0.25) is 4.99 Å².